The van der Waals surface area contributed by atoms with Crippen LogP contribution in [0.3, 0.4) is 0 Å². The Morgan fingerprint density at radius 2 is 1.84 bits per heavy atom. The molecule has 3 rings (SSSR count). The predicted molar refractivity (Wildman–Crippen MR) is 120 cm³/mol. The van der Waals surface area contributed by atoms with Gasteiger partial charge < -0.3 is 10.2 Å². The molecule has 1 N–H and O–H groups in total. The van der Waals surface area contributed by atoms with Crippen molar-refractivity contribution >= 4 is 50.9 Å². The average molecular weight is 498 g/mol. The summed E-state index contributed by atoms with van der Waals surface area (Å²) in [7, 11) is -4.17. The number of nitrogens with zero attached hydrogens (tertiary/aromatic N) is 2. The second-order valence-corrected chi connectivity index (χ2v) is 9.82. The van der Waals surface area contributed by atoms with Crippen molar-refractivity contribution in [1.29, 1.82) is 0 Å². The smallest absolute Gasteiger partial charge is 0.269 e. The zero-order chi connectivity index (χ0) is 23.6. The molecule has 0 unspecified atom stereocenters. The van der Waals surface area contributed by atoms with Crippen LogP contribution in [0.25, 0.3) is 0 Å². The minimum Gasteiger partial charge on any atom is -0.355 e. The molecule has 2 aromatic rings. The first-order valence-corrected chi connectivity index (χ1v) is 11.9. The molecule has 8 nitrogen and oxygen atoms in total. The van der Waals surface area contributed by atoms with E-state index in [1.165, 1.54) is 36.1 Å². The summed E-state index contributed by atoms with van der Waals surface area (Å²) in [5, 5.41) is 3.33. The molecule has 0 bridgehead atoms. The number of nitrogens with one attached hydrogen (secondary N) is 1. The van der Waals surface area contributed by atoms with E-state index in [1.807, 2.05) is 0 Å². The molecule has 1 aliphatic heterocycles. The maximum absolute atomic E-state index is 13.2. The molecule has 170 valence electrons. The molecule has 0 saturated heterocycles. The van der Waals surface area contributed by atoms with Gasteiger partial charge in [0.1, 0.15) is 17.5 Å². The number of hydrogen-bond donors (Lipinski definition) is 1. The molecule has 32 heavy (non-hydrogen) atoms. The van der Waals surface area contributed by atoms with E-state index in [-0.39, 0.29) is 22.0 Å². The van der Waals surface area contributed by atoms with Crippen LogP contribution in [0.2, 0.25) is 10.0 Å². The number of carbonyl (C=O) groups is 3. The monoisotopic (exact) mass is 497 g/mol. The van der Waals surface area contributed by atoms with Crippen molar-refractivity contribution in [2.75, 3.05) is 13.1 Å². The fraction of sp³-hybridized carbons (Fsp3) is 0.286. The van der Waals surface area contributed by atoms with Crippen molar-refractivity contribution in [2.24, 2.45) is 0 Å². The first-order chi connectivity index (χ1) is 15.1. The van der Waals surface area contributed by atoms with Crippen molar-refractivity contribution in [1.82, 2.24) is 14.5 Å². The number of halogens is 2. The van der Waals surface area contributed by atoms with E-state index >= 15 is 0 Å². The van der Waals surface area contributed by atoms with Crippen LogP contribution in [0.5, 0.6) is 0 Å². The summed E-state index contributed by atoms with van der Waals surface area (Å²) in [6.07, 6.45) is 0. The SMILES string of the molecule is CCNC(=O)[C@H](C)N(Cc1ccc(Cl)cc1Cl)C(=O)CN1C(=O)c2ccccc2S1(=O)=O. The first-order valence-electron chi connectivity index (χ1n) is 9.75. The van der Waals surface area contributed by atoms with Crippen LogP contribution in [-0.2, 0) is 26.2 Å². The van der Waals surface area contributed by atoms with E-state index in [0.29, 0.717) is 21.4 Å². The molecule has 0 saturated carbocycles. The number of benzene rings is 2. The van der Waals surface area contributed by atoms with Crippen LogP contribution in [0.1, 0.15) is 29.8 Å². The number of carbonyl (C=O) groups excluding carboxylic acids is 3. The van der Waals surface area contributed by atoms with Crippen LogP contribution in [0, 0.1) is 0 Å². The molecule has 0 aliphatic carbocycles. The van der Waals surface area contributed by atoms with E-state index in [1.54, 1.807) is 25.1 Å². The molecular weight excluding hydrogens is 477 g/mol. The van der Waals surface area contributed by atoms with Crippen LogP contribution >= 0.6 is 23.2 Å². The molecule has 11 heteroatoms. The van der Waals surface area contributed by atoms with Gasteiger partial charge in [0.05, 0.1) is 5.56 Å². The number of fused-ring (bicyclic) bond motifs is 1. The number of sulfonamides is 1. The molecule has 0 radical (unpaired) electrons. The zero-order valence-electron chi connectivity index (χ0n) is 17.3. The van der Waals surface area contributed by atoms with E-state index in [9.17, 15) is 22.8 Å². The minimum absolute atomic E-state index is 0.00405. The Morgan fingerprint density at radius 3 is 2.47 bits per heavy atom. The Labute approximate surface area is 196 Å². The van der Waals surface area contributed by atoms with Gasteiger partial charge in [-0.1, -0.05) is 41.4 Å². The van der Waals surface area contributed by atoms with E-state index in [0.717, 1.165) is 0 Å². The zero-order valence-corrected chi connectivity index (χ0v) is 19.7. The van der Waals surface area contributed by atoms with Crippen molar-refractivity contribution in [3.8, 4) is 0 Å². The Bertz CT molecular complexity index is 1190. The van der Waals surface area contributed by atoms with Crippen molar-refractivity contribution in [3.05, 3.63) is 63.6 Å². The van der Waals surface area contributed by atoms with Gasteiger partial charge in [0.15, 0.2) is 0 Å². The summed E-state index contributed by atoms with van der Waals surface area (Å²) < 4.78 is 26.2. The second kappa shape index (κ2) is 9.48. The summed E-state index contributed by atoms with van der Waals surface area (Å²) in [5.74, 6) is -1.94. The lowest BCUT2D eigenvalue weighted by Crippen LogP contribution is -2.51. The molecular formula is C21H21Cl2N3O5S. The van der Waals surface area contributed by atoms with Gasteiger partial charge in [-0.05, 0) is 43.7 Å². The van der Waals surface area contributed by atoms with Gasteiger partial charge in [-0.15, -0.1) is 0 Å². The molecule has 0 aromatic heterocycles. The maximum atomic E-state index is 13.2. The van der Waals surface area contributed by atoms with Crippen LogP contribution in [-0.4, -0.2) is 54.5 Å². The number of rotatable bonds is 7. The van der Waals surface area contributed by atoms with Gasteiger partial charge in [0.25, 0.3) is 15.9 Å². The van der Waals surface area contributed by atoms with Gasteiger partial charge in [-0.25, -0.2) is 12.7 Å². The highest BCUT2D eigenvalue weighted by molar-refractivity contribution is 7.90. The van der Waals surface area contributed by atoms with Crippen molar-refractivity contribution in [3.63, 3.8) is 0 Å². The highest BCUT2D eigenvalue weighted by Gasteiger charge is 2.43. The standard InChI is InChI=1S/C21H21Cl2N3O5S/c1-3-24-20(28)13(2)25(11-14-8-9-15(22)10-17(14)23)19(27)12-26-21(29)16-6-4-5-7-18(16)32(26,30)31/h4-10,13H,3,11-12H2,1-2H3,(H,24,28)/t13-/m0/s1. The topological polar surface area (TPSA) is 104 Å². The average Bonchev–Trinajstić information content (AvgIpc) is 2.94. The van der Waals surface area contributed by atoms with E-state index in [4.69, 9.17) is 23.2 Å². The normalized spacial score (nSPS) is 15.2. The molecule has 1 aliphatic rings. The Balaban J connectivity index is 1.92. The largest absolute Gasteiger partial charge is 0.355 e. The minimum atomic E-state index is -4.17. The fourth-order valence-corrected chi connectivity index (χ4v) is 5.33. The molecule has 1 heterocycles. The van der Waals surface area contributed by atoms with E-state index in [2.05, 4.69) is 5.32 Å². The van der Waals surface area contributed by atoms with Crippen LogP contribution in [0.15, 0.2) is 47.4 Å². The van der Waals surface area contributed by atoms with Crippen LogP contribution in [0.4, 0.5) is 0 Å². The quantitative estimate of drug-likeness (QED) is 0.633. The fourth-order valence-electron chi connectivity index (χ4n) is 3.34. The number of hydrogen-bond acceptors (Lipinski definition) is 5. The van der Waals surface area contributed by atoms with Crippen molar-refractivity contribution < 1.29 is 22.8 Å². The third-order valence-corrected chi connectivity index (χ3v) is 7.44. The van der Waals surface area contributed by atoms with Gasteiger partial charge >= 0.3 is 0 Å². The Kier molecular flexibility index (Phi) is 7.12. The van der Waals surface area contributed by atoms with Gasteiger partial charge in [0.2, 0.25) is 11.8 Å². The summed E-state index contributed by atoms with van der Waals surface area (Å²) in [6.45, 7) is 2.77. The summed E-state index contributed by atoms with van der Waals surface area (Å²) >= 11 is 12.2. The first kappa shape index (κ1) is 24.0. The summed E-state index contributed by atoms with van der Waals surface area (Å²) in [4.78, 5) is 39.4. The molecule has 0 fully saturated rings. The molecule has 1 atom stereocenters. The number of likely N-dealkylation sites (N-methyl/N-ethyl adjacent to an activating group) is 1. The maximum Gasteiger partial charge on any atom is 0.269 e. The van der Waals surface area contributed by atoms with Gasteiger partial charge in [0, 0.05) is 23.1 Å². The highest BCUT2D eigenvalue weighted by atomic mass is 35.5. The lowest BCUT2D eigenvalue weighted by molar-refractivity contribution is -0.140. The molecule has 3 amide bonds. The Morgan fingerprint density at radius 1 is 1.16 bits per heavy atom. The van der Waals surface area contributed by atoms with Gasteiger partial charge in [-0.3, -0.25) is 14.4 Å². The molecule has 2 aromatic carbocycles. The van der Waals surface area contributed by atoms with Crippen molar-refractivity contribution in [2.45, 2.75) is 31.3 Å². The van der Waals surface area contributed by atoms with E-state index < -0.39 is 40.3 Å². The lowest BCUT2D eigenvalue weighted by Gasteiger charge is -2.30. The van der Waals surface area contributed by atoms with Crippen LogP contribution < -0.4 is 5.32 Å². The second-order valence-electron chi connectivity index (χ2n) is 7.14. The van der Waals surface area contributed by atoms with Gasteiger partial charge in [-0.2, -0.15) is 0 Å². The summed E-state index contributed by atoms with van der Waals surface area (Å²) in [6, 6.07) is 9.51. The highest BCUT2D eigenvalue weighted by Crippen LogP contribution is 2.30. The lowest BCUT2D eigenvalue weighted by atomic mass is 10.1. The third kappa shape index (κ3) is 4.60. The number of amides is 3. The predicted octanol–water partition coefficient (Wildman–Crippen LogP) is 2.69. The third-order valence-electron chi connectivity index (χ3n) is 5.07. The molecule has 0 spiro atoms. The Hall–Kier alpha value is -2.62. The summed E-state index contributed by atoms with van der Waals surface area (Å²) in [5.41, 5.74) is 0.517.